The van der Waals surface area contributed by atoms with Gasteiger partial charge >= 0.3 is 0 Å². The minimum atomic E-state index is 0.758. The summed E-state index contributed by atoms with van der Waals surface area (Å²) in [4.78, 5) is 6.06. The van der Waals surface area contributed by atoms with E-state index in [0.717, 1.165) is 11.8 Å². The first kappa shape index (κ1) is 11.1. The number of hydrogen-bond acceptors (Lipinski definition) is 1. The Bertz CT molecular complexity index is 504. The molecule has 2 heteroatoms. The van der Waals surface area contributed by atoms with Crippen LogP contribution in [0.2, 0.25) is 0 Å². The van der Waals surface area contributed by atoms with Crippen molar-refractivity contribution < 1.29 is 0 Å². The molecule has 2 nitrogen and oxygen atoms in total. The Balaban J connectivity index is 2.03. The predicted octanol–water partition coefficient (Wildman–Crippen LogP) is 1.42. The van der Waals surface area contributed by atoms with E-state index in [2.05, 4.69) is 42.1 Å². The molecule has 0 saturated carbocycles. The number of rotatable bonds is 1. The highest BCUT2D eigenvalue weighted by molar-refractivity contribution is 5.34. The van der Waals surface area contributed by atoms with Gasteiger partial charge in [0.15, 0.2) is 0 Å². The second kappa shape index (κ2) is 4.34. The lowest BCUT2D eigenvalue weighted by Crippen LogP contribution is -2.47. The highest BCUT2D eigenvalue weighted by atomic mass is 15.1. The molecule has 1 unspecified atom stereocenters. The third-order valence-corrected chi connectivity index (χ3v) is 4.62. The third kappa shape index (κ3) is 1.75. The molecule has 4 rings (SSSR count). The number of hydrogen-bond donors (Lipinski definition) is 1. The van der Waals surface area contributed by atoms with E-state index in [4.69, 9.17) is 0 Å². The van der Waals surface area contributed by atoms with Gasteiger partial charge in [0.1, 0.15) is 0 Å². The van der Waals surface area contributed by atoms with Crippen molar-refractivity contribution in [3.8, 4) is 0 Å². The molecule has 17 heavy (non-hydrogen) atoms. The minimum Gasteiger partial charge on any atom is -0.361 e. The van der Waals surface area contributed by atoms with Gasteiger partial charge in [-0.2, -0.15) is 0 Å². The van der Waals surface area contributed by atoms with Crippen LogP contribution >= 0.6 is 0 Å². The summed E-state index contributed by atoms with van der Waals surface area (Å²) in [5.41, 5.74) is 1.55. The average Bonchev–Trinajstić information content (AvgIpc) is 2.82. The lowest BCUT2D eigenvalue weighted by atomic mass is 9.76. The maximum Gasteiger partial charge on any atom is 0.0410 e. The van der Waals surface area contributed by atoms with Gasteiger partial charge in [-0.15, -0.1) is 0 Å². The van der Waals surface area contributed by atoms with Crippen LogP contribution in [0.5, 0.6) is 0 Å². The standard InChI is InChI=1S/C15H22N2/c1-3-12-13(9-16-15(12)4-2)14-10-17-7-5-11(14)6-8-17/h3-4,9,11,14,16H,5-8,10H2,1-2H3. The summed E-state index contributed by atoms with van der Waals surface area (Å²) < 4.78 is 0. The molecule has 0 radical (unpaired) electrons. The quantitative estimate of drug-likeness (QED) is 0.773. The Morgan fingerprint density at radius 2 is 2.00 bits per heavy atom. The lowest BCUT2D eigenvalue weighted by molar-refractivity contribution is 0.0868. The van der Waals surface area contributed by atoms with E-state index in [9.17, 15) is 0 Å². The van der Waals surface area contributed by atoms with E-state index in [-0.39, 0.29) is 0 Å². The fraction of sp³-hybridized carbons (Fsp3) is 0.600. The maximum absolute atomic E-state index is 3.43. The van der Waals surface area contributed by atoms with Gasteiger partial charge < -0.3 is 9.88 Å². The second-order valence-corrected chi connectivity index (χ2v) is 5.39. The number of H-pyrrole nitrogens is 1. The Morgan fingerprint density at radius 1 is 1.24 bits per heavy atom. The van der Waals surface area contributed by atoms with Crippen LogP contribution in [-0.2, 0) is 0 Å². The molecule has 3 saturated heterocycles. The van der Waals surface area contributed by atoms with Crippen molar-refractivity contribution in [2.75, 3.05) is 19.6 Å². The number of fused-ring (bicyclic) bond motifs is 3. The molecule has 0 aliphatic carbocycles. The number of nitrogens with one attached hydrogen (secondary N) is 1. The Labute approximate surface area is 103 Å². The van der Waals surface area contributed by atoms with E-state index in [1.54, 1.807) is 5.56 Å². The summed E-state index contributed by atoms with van der Waals surface area (Å²) >= 11 is 0. The maximum atomic E-state index is 3.43. The van der Waals surface area contributed by atoms with Crippen LogP contribution in [0.4, 0.5) is 0 Å². The molecule has 2 bridgehead atoms. The summed E-state index contributed by atoms with van der Waals surface area (Å²) in [6.45, 7) is 8.18. The number of aromatic nitrogens is 1. The van der Waals surface area contributed by atoms with E-state index in [1.165, 1.54) is 43.0 Å². The van der Waals surface area contributed by atoms with Gasteiger partial charge in [-0.3, -0.25) is 0 Å². The predicted molar refractivity (Wildman–Crippen MR) is 72.2 cm³/mol. The van der Waals surface area contributed by atoms with Crippen molar-refractivity contribution in [3.63, 3.8) is 0 Å². The highest BCUT2D eigenvalue weighted by Crippen LogP contribution is 2.37. The summed E-state index contributed by atoms with van der Waals surface area (Å²) in [5, 5.41) is 2.73. The molecule has 1 atom stereocenters. The van der Waals surface area contributed by atoms with Gasteiger partial charge in [0, 0.05) is 24.0 Å². The van der Waals surface area contributed by atoms with Crippen LogP contribution in [0.3, 0.4) is 0 Å². The summed E-state index contributed by atoms with van der Waals surface area (Å²) in [6.07, 6.45) is 9.48. The van der Waals surface area contributed by atoms with Gasteiger partial charge in [0.2, 0.25) is 0 Å². The molecule has 0 aromatic carbocycles. The van der Waals surface area contributed by atoms with E-state index >= 15 is 0 Å². The van der Waals surface area contributed by atoms with Gasteiger partial charge in [0.05, 0.1) is 0 Å². The molecule has 3 aliphatic heterocycles. The van der Waals surface area contributed by atoms with Crippen molar-refractivity contribution in [2.45, 2.75) is 32.6 Å². The molecule has 4 heterocycles. The molecule has 1 aromatic heterocycles. The number of aromatic amines is 1. The minimum absolute atomic E-state index is 0.758. The van der Waals surface area contributed by atoms with Crippen molar-refractivity contribution in [3.05, 3.63) is 22.3 Å². The van der Waals surface area contributed by atoms with Crippen molar-refractivity contribution >= 4 is 12.2 Å². The Morgan fingerprint density at radius 3 is 2.53 bits per heavy atom. The van der Waals surface area contributed by atoms with Gasteiger partial charge in [-0.25, -0.2) is 0 Å². The fourth-order valence-corrected chi connectivity index (χ4v) is 3.65. The van der Waals surface area contributed by atoms with E-state index in [0.29, 0.717) is 0 Å². The Hall–Kier alpha value is -1.02. The number of nitrogens with zero attached hydrogens (tertiary/aromatic N) is 1. The Kier molecular flexibility index (Phi) is 2.83. The first-order valence-corrected chi connectivity index (χ1v) is 6.85. The molecule has 1 N–H and O–H groups in total. The number of piperidine rings is 3. The van der Waals surface area contributed by atoms with Crippen molar-refractivity contribution in [1.29, 1.82) is 0 Å². The van der Waals surface area contributed by atoms with Crippen LogP contribution in [0.1, 0.15) is 38.2 Å². The molecule has 0 amide bonds. The zero-order valence-electron chi connectivity index (χ0n) is 10.9. The van der Waals surface area contributed by atoms with Crippen molar-refractivity contribution in [2.24, 2.45) is 5.92 Å². The zero-order chi connectivity index (χ0) is 11.8. The average molecular weight is 230 g/mol. The van der Waals surface area contributed by atoms with E-state index in [1.807, 2.05) is 0 Å². The third-order valence-electron chi connectivity index (χ3n) is 4.62. The second-order valence-electron chi connectivity index (χ2n) is 5.39. The zero-order valence-corrected chi connectivity index (χ0v) is 10.9. The first-order chi connectivity index (χ1) is 8.33. The topological polar surface area (TPSA) is 19.0 Å². The molecule has 3 aliphatic rings. The van der Waals surface area contributed by atoms with Crippen LogP contribution in [0, 0.1) is 5.92 Å². The lowest BCUT2D eigenvalue weighted by Gasteiger charge is -2.44. The summed E-state index contributed by atoms with van der Waals surface area (Å²) in [7, 11) is 0. The fourth-order valence-electron chi connectivity index (χ4n) is 3.65. The molecule has 1 aromatic rings. The van der Waals surface area contributed by atoms with Crippen LogP contribution in [0.25, 0.3) is 12.2 Å². The van der Waals surface area contributed by atoms with Gasteiger partial charge in [-0.1, -0.05) is 12.2 Å². The van der Waals surface area contributed by atoms with Crippen LogP contribution in [0.15, 0.2) is 6.20 Å². The highest BCUT2D eigenvalue weighted by Gasteiger charge is 2.35. The molecule has 92 valence electrons. The SMILES string of the molecule is CC=c1[nH]cc(C2CN3CCC2CC3)c1=CC. The smallest absolute Gasteiger partial charge is 0.0410 e. The van der Waals surface area contributed by atoms with Crippen molar-refractivity contribution in [1.82, 2.24) is 9.88 Å². The molecule has 0 spiro atoms. The monoisotopic (exact) mass is 230 g/mol. The summed E-state index contributed by atoms with van der Waals surface area (Å²) in [5.74, 6) is 1.67. The van der Waals surface area contributed by atoms with Gasteiger partial charge in [0.25, 0.3) is 0 Å². The molecule has 3 fully saturated rings. The normalized spacial score (nSPS) is 34.6. The van der Waals surface area contributed by atoms with Crippen LogP contribution < -0.4 is 10.6 Å². The summed E-state index contributed by atoms with van der Waals surface area (Å²) in [6, 6.07) is 0. The molecular formula is C15H22N2. The van der Waals surface area contributed by atoms with Gasteiger partial charge in [-0.05, 0) is 56.5 Å². The van der Waals surface area contributed by atoms with E-state index < -0.39 is 0 Å². The largest absolute Gasteiger partial charge is 0.361 e. The first-order valence-electron chi connectivity index (χ1n) is 6.85. The van der Waals surface area contributed by atoms with Crippen LogP contribution in [-0.4, -0.2) is 29.5 Å². The molecular weight excluding hydrogens is 208 g/mol.